The predicted molar refractivity (Wildman–Crippen MR) is 139 cm³/mol. The molecule has 1 aliphatic carbocycles. The number of methoxy groups -OCH3 is 1. The molecule has 1 N–H and O–H groups in total. The predicted octanol–water partition coefficient (Wildman–Crippen LogP) is 5.40. The van der Waals surface area contributed by atoms with Gasteiger partial charge in [0.25, 0.3) is 0 Å². The quantitative estimate of drug-likeness (QED) is 0.425. The average Bonchev–Trinajstić information content (AvgIpc) is 3.19. The Morgan fingerprint density at radius 2 is 2.06 bits per heavy atom. The molecule has 2 aliphatic heterocycles. The summed E-state index contributed by atoms with van der Waals surface area (Å²) >= 11 is 7.72. The van der Waals surface area contributed by atoms with E-state index in [0.717, 1.165) is 54.0 Å². The maximum Gasteiger partial charge on any atom is 0.236 e. The second kappa shape index (κ2) is 9.67. The van der Waals surface area contributed by atoms with E-state index < -0.39 is 5.41 Å². The van der Waals surface area contributed by atoms with Gasteiger partial charge in [0.1, 0.15) is 0 Å². The summed E-state index contributed by atoms with van der Waals surface area (Å²) in [6, 6.07) is 14.1. The maximum absolute atomic E-state index is 13.4. The number of nitrogens with one attached hydrogen (secondary N) is 1. The van der Waals surface area contributed by atoms with Crippen LogP contribution >= 0.6 is 22.9 Å². The van der Waals surface area contributed by atoms with Crippen LogP contribution in [0.15, 0.2) is 48.7 Å². The lowest BCUT2D eigenvalue weighted by Gasteiger charge is -2.32. The number of carbonyl (C=O) groups excluding carboxylic acids is 1. The van der Waals surface area contributed by atoms with E-state index in [0.29, 0.717) is 28.6 Å². The molecule has 3 aliphatic rings. The summed E-state index contributed by atoms with van der Waals surface area (Å²) in [6.45, 7) is 1.88. The standard InChI is InChI=1S/C27H28ClN3O4S/c1-33-15-20-3-2-12-31(20)24(17-4-7-19(28)8-5-17)23-14-29-26(36-23)30-25(32)27(10-11-27)18-6-9-21-22(13-18)35-16-34-21/h4-9,13-14,20,24H,2-3,10-12,15-16H2,1H3,(H,29,30,32)/t20-,24?/m0/s1. The Labute approximate surface area is 219 Å². The van der Waals surface area contributed by atoms with Crippen LogP contribution in [-0.4, -0.2) is 48.9 Å². The first-order valence-electron chi connectivity index (χ1n) is 12.2. The lowest BCUT2D eigenvalue weighted by molar-refractivity contribution is -0.118. The van der Waals surface area contributed by atoms with Crippen molar-refractivity contribution in [3.05, 3.63) is 69.7 Å². The van der Waals surface area contributed by atoms with E-state index in [1.807, 2.05) is 36.5 Å². The largest absolute Gasteiger partial charge is 0.454 e. The fourth-order valence-electron chi connectivity index (χ4n) is 5.39. The number of fused-ring (bicyclic) bond motifs is 1. The minimum atomic E-state index is -0.541. The van der Waals surface area contributed by atoms with Gasteiger partial charge in [-0.15, -0.1) is 0 Å². The molecule has 2 aromatic carbocycles. The molecule has 0 radical (unpaired) electrons. The van der Waals surface area contributed by atoms with Crippen LogP contribution in [0.1, 0.15) is 47.7 Å². The third-order valence-corrected chi connectivity index (χ3v) is 8.64. The number of thiazole rings is 1. The van der Waals surface area contributed by atoms with Crippen molar-refractivity contribution in [1.29, 1.82) is 0 Å². The molecule has 2 atom stereocenters. The topological polar surface area (TPSA) is 72.9 Å². The molecule has 0 spiro atoms. The van der Waals surface area contributed by atoms with Crippen molar-refractivity contribution < 1.29 is 19.0 Å². The van der Waals surface area contributed by atoms with Gasteiger partial charge in [-0.2, -0.15) is 0 Å². The highest BCUT2D eigenvalue weighted by Gasteiger charge is 2.52. The first-order chi connectivity index (χ1) is 17.6. The minimum Gasteiger partial charge on any atom is -0.454 e. The first kappa shape index (κ1) is 23.7. The first-order valence-corrected chi connectivity index (χ1v) is 13.4. The number of anilines is 1. The Hall–Kier alpha value is -2.65. The monoisotopic (exact) mass is 525 g/mol. The van der Waals surface area contributed by atoms with Crippen LogP contribution in [0.4, 0.5) is 5.13 Å². The van der Waals surface area contributed by atoms with Crippen molar-refractivity contribution in [2.75, 3.05) is 32.4 Å². The summed E-state index contributed by atoms with van der Waals surface area (Å²) in [7, 11) is 1.75. The highest BCUT2D eigenvalue weighted by atomic mass is 35.5. The second-order valence-electron chi connectivity index (χ2n) is 9.62. The van der Waals surface area contributed by atoms with Crippen molar-refractivity contribution in [3.63, 3.8) is 0 Å². The molecule has 0 bridgehead atoms. The highest BCUT2D eigenvalue weighted by Crippen LogP contribution is 2.51. The zero-order chi connectivity index (χ0) is 24.7. The number of aromatic nitrogens is 1. The molecule has 3 aromatic rings. The molecule has 36 heavy (non-hydrogen) atoms. The number of carbonyl (C=O) groups is 1. The van der Waals surface area contributed by atoms with Gasteiger partial charge in [-0.1, -0.05) is 41.1 Å². The van der Waals surface area contributed by atoms with Gasteiger partial charge in [-0.05, 0) is 67.6 Å². The van der Waals surface area contributed by atoms with Gasteiger partial charge >= 0.3 is 0 Å². The average molecular weight is 526 g/mol. The second-order valence-corrected chi connectivity index (χ2v) is 11.1. The van der Waals surface area contributed by atoms with Crippen LogP contribution < -0.4 is 14.8 Å². The Kier molecular flexibility index (Phi) is 6.37. The van der Waals surface area contributed by atoms with Crippen LogP contribution in [0.5, 0.6) is 11.5 Å². The normalized spacial score (nSPS) is 20.9. The van der Waals surface area contributed by atoms with Gasteiger partial charge in [0.05, 0.1) is 18.1 Å². The van der Waals surface area contributed by atoms with Gasteiger partial charge in [0.15, 0.2) is 16.6 Å². The molecule has 6 rings (SSSR count). The number of hydrogen-bond donors (Lipinski definition) is 1. The third-order valence-electron chi connectivity index (χ3n) is 7.42. The van der Waals surface area contributed by atoms with E-state index in [1.54, 1.807) is 7.11 Å². The van der Waals surface area contributed by atoms with Gasteiger partial charge in [0, 0.05) is 29.2 Å². The van der Waals surface area contributed by atoms with Crippen molar-refractivity contribution in [2.45, 2.75) is 43.2 Å². The van der Waals surface area contributed by atoms with Crippen LogP contribution in [0.3, 0.4) is 0 Å². The lowest BCUT2D eigenvalue weighted by Crippen LogP contribution is -2.36. The van der Waals surface area contributed by atoms with Gasteiger partial charge in [-0.3, -0.25) is 9.69 Å². The summed E-state index contributed by atoms with van der Waals surface area (Å²) in [5, 5.41) is 4.43. The molecule has 7 nitrogen and oxygen atoms in total. The van der Waals surface area contributed by atoms with E-state index >= 15 is 0 Å². The van der Waals surface area contributed by atoms with E-state index in [4.69, 9.17) is 25.8 Å². The molecule has 3 heterocycles. The number of amides is 1. The maximum atomic E-state index is 13.4. The lowest BCUT2D eigenvalue weighted by atomic mass is 9.94. The molecule has 188 valence electrons. The Bertz CT molecular complexity index is 1260. The molecule has 1 saturated carbocycles. The molecule has 1 saturated heterocycles. The molecule has 9 heteroatoms. The van der Waals surface area contributed by atoms with Crippen molar-refractivity contribution >= 4 is 34.0 Å². The number of benzene rings is 2. The summed E-state index contributed by atoms with van der Waals surface area (Å²) in [5.74, 6) is 1.40. The number of hydrogen-bond acceptors (Lipinski definition) is 7. The fourth-order valence-corrected chi connectivity index (χ4v) is 6.47. The molecule has 1 unspecified atom stereocenters. The van der Waals surface area contributed by atoms with Crippen LogP contribution in [-0.2, 0) is 14.9 Å². The Morgan fingerprint density at radius 3 is 2.83 bits per heavy atom. The Balaban J connectivity index is 1.25. The SMILES string of the molecule is COC[C@@H]1CCCN1C(c1ccc(Cl)cc1)c1cnc(NC(=O)C2(c3ccc4c(c3)OCO4)CC2)s1. The number of likely N-dealkylation sites (tertiary alicyclic amines) is 1. The third kappa shape index (κ3) is 4.36. The molecule has 1 amide bonds. The van der Waals surface area contributed by atoms with Crippen LogP contribution in [0.2, 0.25) is 5.02 Å². The smallest absolute Gasteiger partial charge is 0.236 e. The number of halogens is 1. The van der Waals surface area contributed by atoms with Crippen molar-refractivity contribution in [1.82, 2.24) is 9.88 Å². The number of rotatable bonds is 8. The summed E-state index contributed by atoms with van der Waals surface area (Å²) in [5.41, 5.74) is 1.57. The highest BCUT2D eigenvalue weighted by molar-refractivity contribution is 7.15. The molecule has 1 aromatic heterocycles. The van der Waals surface area contributed by atoms with Crippen LogP contribution in [0, 0.1) is 0 Å². The van der Waals surface area contributed by atoms with Crippen molar-refractivity contribution in [3.8, 4) is 11.5 Å². The van der Waals surface area contributed by atoms with Gasteiger partial charge in [-0.25, -0.2) is 4.98 Å². The molecular weight excluding hydrogens is 498 g/mol. The van der Waals surface area contributed by atoms with E-state index in [9.17, 15) is 4.79 Å². The minimum absolute atomic E-state index is 0.0243. The van der Waals surface area contributed by atoms with Crippen molar-refractivity contribution in [2.24, 2.45) is 0 Å². The Morgan fingerprint density at radius 1 is 1.25 bits per heavy atom. The summed E-state index contributed by atoms with van der Waals surface area (Å²) in [6.07, 6.45) is 5.71. The van der Waals surface area contributed by atoms with Crippen LogP contribution in [0.25, 0.3) is 0 Å². The zero-order valence-electron chi connectivity index (χ0n) is 20.0. The molecule has 2 fully saturated rings. The molecular formula is C27H28ClN3O4S. The summed E-state index contributed by atoms with van der Waals surface area (Å²) < 4.78 is 16.5. The van der Waals surface area contributed by atoms with E-state index in [-0.39, 0.29) is 18.7 Å². The zero-order valence-corrected chi connectivity index (χ0v) is 21.6. The summed E-state index contributed by atoms with van der Waals surface area (Å²) in [4.78, 5) is 21.6. The van der Waals surface area contributed by atoms with Gasteiger partial charge < -0.3 is 19.5 Å². The van der Waals surface area contributed by atoms with E-state index in [2.05, 4.69) is 27.3 Å². The van der Waals surface area contributed by atoms with Gasteiger partial charge in [0.2, 0.25) is 12.7 Å². The fraction of sp³-hybridized carbons (Fsp3) is 0.407. The number of nitrogens with zero attached hydrogens (tertiary/aromatic N) is 2. The number of ether oxygens (including phenoxy) is 3. The van der Waals surface area contributed by atoms with E-state index in [1.165, 1.54) is 11.3 Å².